The van der Waals surface area contributed by atoms with E-state index in [4.69, 9.17) is 5.73 Å². The summed E-state index contributed by atoms with van der Waals surface area (Å²) in [7, 11) is 1.94. The van der Waals surface area contributed by atoms with Crippen LogP contribution in [0.15, 0.2) is 53.5 Å². The second-order valence-corrected chi connectivity index (χ2v) is 6.54. The van der Waals surface area contributed by atoms with Gasteiger partial charge in [-0.05, 0) is 29.7 Å². The Labute approximate surface area is 156 Å². The van der Waals surface area contributed by atoms with Gasteiger partial charge in [0.2, 0.25) is 0 Å². The third kappa shape index (κ3) is 2.94. The van der Waals surface area contributed by atoms with Crippen molar-refractivity contribution in [1.29, 1.82) is 0 Å². The number of fused-ring (bicyclic) bond motifs is 1. The van der Waals surface area contributed by atoms with Crippen molar-refractivity contribution in [3.63, 3.8) is 0 Å². The van der Waals surface area contributed by atoms with Crippen molar-refractivity contribution in [3.8, 4) is 22.4 Å². The molecule has 0 aliphatic heterocycles. The first-order valence-electron chi connectivity index (χ1n) is 8.95. The summed E-state index contributed by atoms with van der Waals surface area (Å²) in [5, 5.41) is 12.4. The second kappa shape index (κ2) is 6.81. The average molecular weight is 359 g/mol. The summed E-state index contributed by atoms with van der Waals surface area (Å²) in [5.41, 5.74) is 11.7. The number of rotatable bonds is 4. The first-order chi connectivity index (χ1) is 13.1. The summed E-state index contributed by atoms with van der Waals surface area (Å²) in [6.45, 7) is 2.40. The van der Waals surface area contributed by atoms with Crippen LogP contribution in [0.25, 0.3) is 33.2 Å². The molecule has 0 saturated heterocycles. The Morgan fingerprint density at radius 1 is 1.07 bits per heavy atom. The minimum absolute atomic E-state index is 0.213. The summed E-state index contributed by atoms with van der Waals surface area (Å²) in [6, 6.07) is 14.3. The zero-order valence-corrected chi connectivity index (χ0v) is 15.4. The van der Waals surface area contributed by atoms with Crippen LogP contribution in [-0.2, 0) is 20.0 Å². The SMILES string of the molecule is CCc1ccc(-c2c(-c3ccc4c(=O)[nH]nc(CN)c4c3)cnn2C)cc1. The van der Waals surface area contributed by atoms with E-state index in [0.717, 1.165) is 34.2 Å². The molecule has 3 N–H and O–H groups in total. The van der Waals surface area contributed by atoms with Gasteiger partial charge in [0.25, 0.3) is 5.56 Å². The van der Waals surface area contributed by atoms with E-state index < -0.39 is 0 Å². The van der Waals surface area contributed by atoms with E-state index in [0.29, 0.717) is 11.1 Å². The molecule has 0 aliphatic carbocycles. The number of nitrogens with one attached hydrogen (secondary N) is 1. The fourth-order valence-electron chi connectivity index (χ4n) is 3.43. The quantitative estimate of drug-likeness (QED) is 0.586. The van der Waals surface area contributed by atoms with E-state index in [2.05, 4.69) is 46.5 Å². The summed E-state index contributed by atoms with van der Waals surface area (Å²) >= 11 is 0. The molecule has 2 aromatic carbocycles. The van der Waals surface area contributed by atoms with Gasteiger partial charge in [-0.25, -0.2) is 5.10 Å². The zero-order chi connectivity index (χ0) is 19.0. The Bertz CT molecular complexity index is 1170. The minimum atomic E-state index is -0.213. The Hall–Kier alpha value is -3.25. The molecule has 27 heavy (non-hydrogen) atoms. The van der Waals surface area contributed by atoms with Gasteiger partial charge >= 0.3 is 0 Å². The lowest BCUT2D eigenvalue weighted by molar-refractivity contribution is 0.776. The van der Waals surface area contributed by atoms with E-state index >= 15 is 0 Å². The molecular formula is C21H21N5O. The maximum Gasteiger partial charge on any atom is 0.272 e. The first kappa shape index (κ1) is 17.2. The van der Waals surface area contributed by atoms with E-state index in [1.807, 2.05) is 36.1 Å². The maximum atomic E-state index is 12.1. The fourth-order valence-corrected chi connectivity index (χ4v) is 3.43. The largest absolute Gasteiger partial charge is 0.325 e. The third-order valence-corrected chi connectivity index (χ3v) is 4.95. The average Bonchev–Trinajstić information content (AvgIpc) is 3.09. The van der Waals surface area contributed by atoms with Gasteiger partial charge in [0.1, 0.15) is 0 Å². The summed E-state index contributed by atoms with van der Waals surface area (Å²) in [6.07, 6.45) is 2.86. The molecule has 6 nitrogen and oxygen atoms in total. The topological polar surface area (TPSA) is 89.6 Å². The lowest BCUT2D eigenvalue weighted by Gasteiger charge is -2.09. The molecule has 0 radical (unpaired) electrons. The molecule has 0 spiro atoms. The van der Waals surface area contributed by atoms with Crippen LogP contribution in [0.3, 0.4) is 0 Å². The predicted octanol–water partition coefficient (Wildman–Crippen LogP) is 3.01. The number of aryl methyl sites for hydroxylation is 2. The van der Waals surface area contributed by atoms with E-state index in [-0.39, 0.29) is 12.1 Å². The number of hydrogen-bond acceptors (Lipinski definition) is 4. The molecule has 0 fully saturated rings. The van der Waals surface area contributed by atoms with Crippen molar-refractivity contribution < 1.29 is 0 Å². The van der Waals surface area contributed by atoms with Gasteiger partial charge < -0.3 is 5.73 Å². The van der Waals surface area contributed by atoms with E-state index in [1.54, 1.807) is 0 Å². The molecule has 0 unspecified atom stereocenters. The molecule has 4 rings (SSSR count). The highest BCUT2D eigenvalue weighted by Gasteiger charge is 2.15. The molecule has 0 bridgehead atoms. The number of hydrogen-bond donors (Lipinski definition) is 2. The van der Waals surface area contributed by atoms with Crippen LogP contribution in [0.5, 0.6) is 0 Å². The molecule has 2 heterocycles. The van der Waals surface area contributed by atoms with Crippen LogP contribution in [0, 0.1) is 0 Å². The van der Waals surface area contributed by atoms with E-state index in [1.165, 1.54) is 5.56 Å². The predicted molar refractivity (Wildman–Crippen MR) is 107 cm³/mol. The lowest BCUT2D eigenvalue weighted by Crippen LogP contribution is -2.13. The van der Waals surface area contributed by atoms with Gasteiger partial charge in [-0.2, -0.15) is 10.2 Å². The smallest absolute Gasteiger partial charge is 0.272 e. The Kier molecular flexibility index (Phi) is 4.33. The van der Waals surface area contributed by atoms with Crippen molar-refractivity contribution in [2.45, 2.75) is 19.9 Å². The number of aromatic nitrogens is 4. The standard InChI is InChI=1S/C21H21N5O/c1-3-13-4-6-14(7-5-13)20-18(12-23-26(20)2)15-8-9-16-17(10-15)19(11-22)24-25-21(16)27/h4-10,12H,3,11,22H2,1-2H3,(H,25,27). The molecule has 6 heteroatoms. The highest BCUT2D eigenvalue weighted by atomic mass is 16.1. The van der Waals surface area contributed by atoms with E-state index in [9.17, 15) is 4.79 Å². The van der Waals surface area contributed by atoms with Crippen molar-refractivity contribution >= 4 is 10.8 Å². The highest BCUT2D eigenvalue weighted by Crippen LogP contribution is 2.33. The van der Waals surface area contributed by atoms with Gasteiger partial charge in [-0.1, -0.05) is 37.3 Å². The maximum absolute atomic E-state index is 12.1. The van der Waals surface area contributed by atoms with Gasteiger partial charge in [0.05, 0.1) is 23.0 Å². The third-order valence-electron chi connectivity index (χ3n) is 4.95. The molecule has 0 amide bonds. The summed E-state index contributed by atoms with van der Waals surface area (Å²) in [4.78, 5) is 12.1. The van der Waals surface area contributed by atoms with Crippen molar-refractivity contribution in [2.75, 3.05) is 0 Å². The van der Waals surface area contributed by atoms with Crippen LogP contribution in [0.1, 0.15) is 18.2 Å². The van der Waals surface area contributed by atoms with Crippen LogP contribution < -0.4 is 11.3 Å². The molecule has 0 aliphatic rings. The van der Waals surface area contributed by atoms with Crippen LogP contribution in [-0.4, -0.2) is 20.0 Å². The zero-order valence-electron chi connectivity index (χ0n) is 15.4. The number of H-pyrrole nitrogens is 1. The minimum Gasteiger partial charge on any atom is -0.325 e. The molecular weight excluding hydrogens is 338 g/mol. The van der Waals surface area contributed by atoms with Gasteiger partial charge in [0, 0.05) is 30.1 Å². The summed E-state index contributed by atoms with van der Waals surface area (Å²) < 4.78 is 1.88. The molecule has 136 valence electrons. The highest BCUT2D eigenvalue weighted by molar-refractivity contribution is 5.91. The van der Waals surface area contributed by atoms with Crippen LogP contribution >= 0.6 is 0 Å². The van der Waals surface area contributed by atoms with Gasteiger partial charge in [-0.15, -0.1) is 0 Å². The Morgan fingerprint density at radius 2 is 1.81 bits per heavy atom. The monoisotopic (exact) mass is 359 g/mol. The fraction of sp³-hybridized carbons (Fsp3) is 0.190. The number of nitrogens with zero attached hydrogens (tertiary/aromatic N) is 3. The lowest BCUT2D eigenvalue weighted by atomic mass is 9.98. The second-order valence-electron chi connectivity index (χ2n) is 6.54. The van der Waals surface area contributed by atoms with Gasteiger partial charge in [0.15, 0.2) is 0 Å². The number of aromatic amines is 1. The van der Waals surface area contributed by atoms with Crippen LogP contribution in [0.4, 0.5) is 0 Å². The Balaban J connectivity index is 1.90. The van der Waals surface area contributed by atoms with Crippen molar-refractivity contribution in [3.05, 3.63) is 70.3 Å². The molecule has 0 atom stereocenters. The first-order valence-corrected chi connectivity index (χ1v) is 8.95. The van der Waals surface area contributed by atoms with Crippen molar-refractivity contribution in [1.82, 2.24) is 20.0 Å². The molecule has 2 aromatic heterocycles. The Morgan fingerprint density at radius 3 is 2.52 bits per heavy atom. The molecule has 4 aromatic rings. The van der Waals surface area contributed by atoms with Gasteiger partial charge in [-0.3, -0.25) is 9.48 Å². The van der Waals surface area contributed by atoms with Crippen LogP contribution in [0.2, 0.25) is 0 Å². The normalized spacial score (nSPS) is 11.2. The van der Waals surface area contributed by atoms with Crippen molar-refractivity contribution in [2.24, 2.45) is 12.8 Å². The number of nitrogens with two attached hydrogens (primary N) is 1. The summed E-state index contributed by atoms with van der Waals surface area (Å²) in [5.74, 6) is 0. The molecule has 0 saturated carbocycles. The number of benzene rings is 2.